The minimum atomic E-state index is -0.213. The van der Waals surface area contributed by atoms with E-state index in [9.17, 15) is 9.59 Å². The first-order chi connectivity index (χ1) is 9.08. The minimum absolute atomic E-state index is 0.202. The Hall–Kier alpha value is -1.62. The van der Waals surface area contributed by atoms with E-state index >= 15 is 0 Å². The number of hydrogen-bond acceptors (Lipinski definition) is 3. The van der Waals surface area contributed by atoms with E-state index in [0.717, 1.165) is 31.6 Å². The van der Waals surface area contributed by atoms with Crippen molar-refractivity contribution in [1.29, 1.82) is 0 Å². The molecule has 0 spiro atoms. The fraction of sp³-hybridized carbons (Fsp3) is 0.571. The smallest absolute Gasteiger partial charge is 0.259 e. The van der Waals surface area contributed by atoms with Crippen molar-refractivity contribution < 1.29 is 4.79 Å². The number of aromatic nitrogens is 1. The SMILES string of the molecule is Cc1cc(=O)c(C(=O)N(C)CC2CCCNC2)c[nH]1. The Morgan fingerprint density at radius 3 is 2.95 bits per heavy atom. The zero-order chi connectivity index (χ0) is 13.8. The van der Waals surface area contributed by atoms with E-state index in [0.29, 0.717) is 12.5 Å². The third-order valence-electron chi connectivity index (χ3n) is 3.57. The molecule has 5 heteroatoms. The molecule has 19 heavy (non-hydrogen) atoms. The van der Waals surface area contributed by atoms with Crippen LogP contribution in [0.15, 0.2) is 17.1 Å². The average Bonchev–Trinajstić information content (AvgIpc) is 2.39. The lowest BCUT2D eigenvalue weighted by molar-refractivity contribution is 0.0763. The van der Waals surface area contributed by atoms with Gasteiger partial charge in [0.15, 0.2) is 5.43 Å². The van der Waals surface area contributed by atoms with Crippen LogP contribution in [0.5, 0.6) is 0 Å². The number of rotatable bonds is 3. The normalized spacial score (nSPS) is 19.2. The lowest BCUT2D eigenvalue weighted by Crippen LogP contribution is -2.40. The molecule has 0 bridgehead atoms. The highest BCUT2D eigenvalue weighted by atomic mass is 16.2. The van der Waals surface area contributed by atoms with Crippen molar-refractivity contribution in [3.63, 3.8) is 0 Å². The number of hydrogen-bond donors (Lipinski definition) is 2. The van der Waals surface area contributed by atoms with E-state index < -0.39 is 0 Å². The summed E-state index contributed by atoms with van der Waals surface area (Å²) in [6, 6.07) is 1.46. The number of amides is 1. The highest BCUT2D eigenvalue weighted by molar-refractivity contribution is 5.93. The number of carbonyl (C=O) groups excluding carboxylic acids is 1. The first kappa shape index (κ1) is 13.8. The van der Waals surface area contributed by atoms with Gasteiger partial charge in [0.1, 0.15) is 5.56 Å². The maximum atomic E-state index is 12.2. The Morgan fingerprint density at radius 2 is 2.32 bits per heavy atom. The molecule has 1 fully saturated rings. The molecule has 1 atom stereocenters. The van der Waals surface area contributed by atoms with Crippen molar-refractivity contribution in [3.8, 4) is 0 Å². The molecule has 2 N–H and O–H groups in total. The Kier molecular flexibility index (Phi) is 4.37. The Bertz CT molecular complexity index is 504. The van der Waals surface area contributed by atoms with Gasteiger partial charge in [-0.05, 0) is 38.8 Å². The zero-order valence-corrected chi connectivity index (χ0v) is 11.5. The van der Waals surface area contributed by atoms with Gasteiger partial charge in [-0.25, -0.2) is 0 Å². The van der Waals surface area contributed by atoms with Gasteiger partial charge in [0, 0.05) is 31.5 Å². The fourth-order valence-corrected chi connectivity index (χ4v) is 2.50. The largest absolute Gasteiger partial charge is 0.364 e. The maximum Gasteiger partial charge on any atom is 0.259 e. The lowest BCUT2D eigenvalue weighted by atomic mass is 9.99. The van der Waals surface area contributed by atoms with Gasteiger partial charge in [0.05, 0.1) is 0 Å². The second kappa shape index (κ2) is 6.02. The molecule has 0 aromatic carbocycles. The van der Waals surface area contributed by atoms with Gasteiger partial charge in [0.2, 0.25) is 0 Å². The molecule has 2 heterocycles. The molecule has 104 valence electrons. The van der Waals surface area contributed by atoms with Gasteiger partial charge in [-0.1, -0.05) is 0 Å². The van der Waals surface area contributed by atoms with E-state index in [-0.39, 0.29) is 16.9 Å². The molecule has 0 radical (unpaired) electrons. The quantitative estimate of drug-likeness (QED) is 0.846. The average molecular weight is 263 g/mol. The summed E-state index contributed by atoms with van der Waals surface area (Å²) in [6.45, 7) is 4.50. The first-order valence-corrected chi connectivity index (χ1v) is 6.73. The third kappa shape index (κ3) is 3.44. The Balaban J connectivity index is 2.03. The van der Waals surface area contributed by atoms with Gasteiger partial charge in [-0.3, -0.25) is 9.59 Å². The van der Waals surface area contributed by atoms with E-state index in [1.807, 2.05) is 0 Å². The topological polar surface area (TPSA) is 65.2 Å². The molecule has 5 nitrogen and oxygen atoms in total. The number of nitrogens with one attached hydrogen (secondary N) is 2. The van der Waals surface area contributed by atoms with Crippen LogP contribution in [-0.2, 0) is 0 Å². The standard InChI is InChI=1S/C14H21N3O2/c1-10-6-13(18)12(8-16-10)14(19)17(2)9-11-4-3-5-15-7-11/h6,8,11,15H,3-5,7,9H2,1-2H3,(H,16,18). The van der Waals surface area contributed by atoms with Gasteiger partial charge < -0.3 is 15.2 Å². The highest BCUT2D eigenvalue weighted by Gasteiger charge is 2.20. The van der Waals surface area contributed by atoms with E-state index in [2.05, 4.69) is 10.3 Å². The molecular formula is C14H21N3O2. The molecule has 2 rings (SSSR count). The fourth-order valence-electron chi connectivity index (χ4n) is 2.50. The van der Waals surface area contributed by atoms with Crippen molar-refractivity contribution in [3.05, 3.63) is 33.7 Å². The van der Waals surface area contributed by atoms with E-state index in [1.165, 1.54) is 12.3 Å². The molecule has 1 unspecified atom stereocenters. The number of carbonyl (C=O) groups is 1. The summed E-state index contributed by atoms with van der Waals surface area (Å²) in [4.78, 5) is 28.6. The summed E-state index contributed by atoms with van der Waals surface area (Å²) >= 11 is 0. The Labute approximate surface area is 113 Å². The van der Waals surface area contributed by atoms with E-state index in [4.69, 9.17) is 0 Å². The number of aryl methyl sites for hydroxylation is 1. The van der Waals surface area contributed by atoms with Gasteiger partial charge in [-0.15, -0.1) is 0 Å². The van der Waals surface area contributed by atoms with Crippen molar-refractivity contribution in [2.45, 2.75) is 19.8 Å². The van der Waals surface area contributed by atoms with Gasteiger partial charge in [-0.2, -0.15) is 0 Å². The van der Waals surface area contributed by atoms with Crippen LogP contribution in [0, 0.1) is 12.8 Å². The lowest BCUT2D eigenvalue weighted by Gasteiger charge is -2.27. The van der Waals surface area contributed by atoms with Crippen LogP contribution in [0.3, 0.4) is 0 Å². The summed E-state index contributed by atoms with van der Waals surface area (Å²) in [5.41, 5.74) is 0.771. The molecule has 1 amide bonds. The number of piperidine rings is 1. The molecule has 0 aliphatic carbocycles. The minimum Gasteiger partial charge on any atom is -0.364 e. The number of nitrogens with zero attached hydrogens (tertiary/aromatic N) is 1. The van der Waals surface area contributed by atoms with Crippen LogP contribution in [0.4, 0.5) is 0 Å². The van der Waals surface area contributed by atoms with Crippen LogP contribution < -0.4 is 10.7 Å². The molecular weight excluding hydrogens is 242 g/mol. The van der Waals surface area contributed by atoms with Crippen LogP contribution in [0.2, 0.25) is 0 Å². The summed E-state index contributed by atoms with van der Waals surface area (Å²) in [5, 5.41) is 3.33. The zero-order valence-electron chi connectivity index (χ0n) is 11.5. The number of aromatic amines is 1. The van der Waals surface area contributed by atoms with Crippen LogP contribution in [0.1, 0.15) is 28.9 Å². The predicted octanol–water partition coefficient (Wildman–Crippen LogP) is 0.755. The summed E-state index contributed by atoms with van der Waals surface area (Å²) < 4.78 is 0. The van der Waals surface area contributed by atoms with Crippen LogP contribution in [-0.4, -0.2) is 42.5 Å². The molecule has 1 aromatic rings. The van der Waals surface area contributed by atoms with E-state index in [1.54, 1.807) is 18.9 Å². The number of H-pyrrole nitrogens is 1. The van der Waals surface area contributed by atoms with Gasteiger partial charge in [0.25, 0.3) is 5.91 Å². The monoisotopic (exact) mass is 263 g/mol. The van der Waals surface area contributed by atoms with Crippen molar-refractivity contribution in [1.82, 2.24) is 15.2 Å². The van der Waals surface area contributed by atoms with Crippen molar-refractivity contribution >= 4 is 5.91 Å². The molecule has 1 aliphatic rings. The second-order valence-electron chi connectivity index (χ2n) is 5.29. The molecule has 1 saturated heterocycles. The molecule has 1 aromatic heterocycles. The second-order valence-corrected chi connectivity index (χ2v) is 5.29. The maximum absolute atomic E-state index is 12.2. The highest BCUT2D eigenvalue weighted by Crippen LogP contribution is 2.12. The summed E-state index contributed by atoms with van der Waals surface area (Å²) in [5.74, 6) is 0.277. The predicted molar refractivity (Wildman–Crippen MR) is 74.4 cm³/mol. The first-order valence-electron chi connectivity index (χ1n) is 6.73. The van der Waals surface area contributed by atoms with Crippen LogP contribution in [0.25, 0.3) is 0 Å². The van der Waals surface area contributed by atoms with Gasteiger partial charge >= 0.3 is 0 Å². The Morgan fingerprint density at radius 1 is 1.53 bits per heavy atom. The number of pyridine rings is 1. The third-order valence-corrected chi connectivity index (χ3v) is 3.57. The summed E-state index contributed by atoms with van der Waals surface area (Å²) in [7, 11) is 1.76. The van der Waals surface area contributed by atoms with Crippen molar-refractivity contribution in [2.24, 2.45) is 5.92 Å². The van der Waals surface area contributed by atoms with Crippen LogP contribution >= 0.6 is 0 Å². The summed E-state index contributed by atoms with van der Waals surface area (Å²) in [6.07, 6.45) is 3.79. The molecule has 1 aliphatic heterocycles. The molecule has 0 saturated carbocycles. The van der Waals surface area contributed by atoms with Crippen molar-refractivity contribution in [2.75, 3.05) is 26.7 Å².